The summed E-state index contributed by atoms with van der Waals surface area (Å²) in [6.45, 7) is 0. The summed E-state index contributed by atoms with van der Waals surface area (Å²) < 4.78 is 0. The average molecular weight is 415 g/mol. The number of hydrogen-bond acceptors (Lipinski definition) is 3. The molecule has 0 amide bonds. The molecule has 3 N–H and O–H groups in total. The number of aliphatic hydroxyl groups excluding tert-OH is 3. The fourth-order valence-electron chi connectivity index (χ4n) is 0.340. The predicted molar refractivity (Wildman–Crippen MR) is 78.1 cm³/mol. The largest absolute Gasteiger partial charge is 0.400 e. The Balaban J connectivity index is -0.00000000705. The van der Waals surface area contributed by atoms with E-state index in [1.807, 2.05) is 12.2 Å². The Labute approximate surface area is 130 Å². The Morgan fingerprint density at radius 1 is 0.765 bits per heavy atom. The maximum absolute atomic E-state index is 7.00. The van der Waals surface area contributed by atoms with E-state index in [0.717, 1.165) is 27.8 Å². The van der Waals surface area contributed by atoms with Crippen LogP contribution in [0.25, 0.3) is 0 Å². The third kappa shape index (κ3) is 120. The van der Waals surface area contributed by atoms with Crippen molar-refractivity contribution in [2.24, 2.45) is 0 Å². The van der Waals surface area contributed by atoms with Crippen LogP contribution in [0.5, 0.6) is 0 Å². The zero-order valence-electron chi connectivity index (χ0n) is 12.8. The summed E-state index contributed by atoms with van der Waals surface area (Å²) >= 11 is 0. The van der Waals surface area contributed by atoms with Crippen LogP contribution in [-0.2, 0) is 25.8 Å². The number of allylic oxidation sites excluding steroid dienone is 4. The second-order valence-corrected chi connectivity index (χ2v) is 1.00. The van der Waals surface area contributed by atoms with Gasteiger partial charge >= 0.3 is 0 Å². The fourth-order valence-corrected chi connectivity index (χ4v) is 0.340. The summed E-state index contributed by atoms with van der Waals surface area (Å²) in [6.07, 6.45) is 10.0. The molecule has 112 valence electrons. The van der Waals surface area contributed by atoms with E-state index in [1.54, 1.807) is 0 Å². The van der Waals surface area contributed by atoms with Crippen molar-refractivity contribution in [3.63, 3.8) is 0 Å². The minimum atomic E-state index is 0. The van der Waals surface area contributed by atoms with Crippen LogP contribution in [0.4, 0.5) is 0 Å². The molecule has 17 heavy (non-hydrogen) atoms. The van der Waals surface area contributed by atoms with Gasteiger partial charge in [-0.2, -0.15) is 6.08 Å². The third-order valence-electron chi connectivity index (χ3n) is 0.586. The Morgan fingerprint density at radius 2 is 1.06 bits per heavy atom. The van der Waals surface area contributed by atoms with Crippen molar-refractivity contribution in [3.05, 3.63) is 61.4 Å². The van der Waals surface area contributed by atoms with Gasteiger partial charge in [0.1, 0.15) is 0 Å². The molecule has 3 nitrogen and oxygen atoms in total. The van der Waals surface area contributed by atoms with Gasteiger partial charge in [0.2, 0.25) is 0 Å². The Bertz CT molecular complexity index is 74.7. The van der Waals surface area contributed by atoms with Crippen LogP contribution in [0.3, 0.4) is 0 Å². The monoisotopic (exact) mass is 416 g/mol. The molecule has 0 aliphatic heterocycles. The molecule has 0 aromatic rings. The van der Waals surface area contributed by atoms with Crippen molar-refractivity contribution in [2.45, 2.75) is 6.42 Å². The summed E-state index contributed by atoms with van der Waals surface area (Å²) in [4.78, 5) is 0. The van der Waals surface area contributed by atoms with Crippen molar-refractivity contribution in [3.8, 4) is 0 Å². The Hall–Kier alpha value is 0.230. The van der Waals surface area contributed by atoms with Crippen LogP contribution in [0.15, 0.2) is 18.2 Å². The molecule has 1 aliphatic carbocycles. The van der Waals surface area contributed by atoms with E-state index in [1.165, 1.54) is 0 Å². The first-order valence-electron chi connectivity index (χ1n) is 3.06. The molecule has 0 bridgehead atoms. The van der Waals surface area contributed by atoms with E-state index < -0.39 is 0 Å². The quantitative estimate of drug-likeness (QED) is 0.421. The van der Waals surface area contributed by atoms with Gasteiger partial charge in [-0.1, -0.05) is 0 Å². The van der Waals surface area contributed by atoms with Gasteiger partial charge in [0, 0.05) is 47.2 Å². The van der Waals surface area contributed by atoms with Gasteiger partial charge in [0.05, 0.1) is 0 Å². The Morgan fingerprint density at radius 3 is 1.12 bits per heavy atom. The van der Waals surface area contributed by atoms with Gasteiger partial charge in [0.15, 0.2) is 0 Å². The second kappa shape index (κ2) is 138. The van der Waals surface area contributed by atoms with Crippen molar-refractivity contribution in [2.75, 3.05) is 21.3 Å². The molecule has 4 heteroatoms. The zero-order chi connectivity index (χ0) is 9.54. The Kier molecular flexibility index (Phi) is 542. The molecule has 0 aromatic heterocycles. The van der Waals surface area contributed by atoms with Crippen LogP contribution in [0, 0.1) is 43.2 Å². The number of rotatable bonds is 0. The average Bonchev–Trinajstić information content (AvgIpc) is 2.71. The van der Waals surface area contributed by atoms with Crippen LogP contribution in [0.2, 0.25) is 0 Å². The molecule has 0 unspecified atom stereocenters. The molecule has 0 fully saturated rings. The molecule has 0 radical (unpaired) electrons. The first-order valence-corrected chi connectivity index (χ1v) is 3.06. The van der Waals surface area contributed by atoms with Crippen molar-refractivity contribution < 1.29 is 41.2 Å². The maximum atomic E-state index is 7.00. The minimum Gasteiger partial charge on any atom is -0.400 e. The first-order chi connectivity index (χ1) is 5.50. The predicted octanol–water partition coefficient (Wildman–Crippen LogP) is 2.38. The molecule has 0 saturated heterocycles. The smallest absolute Gasteiger partial charge is 0.0319 e. The van der Waals surface area contributed by atoms with E-state index in [9.17, 15) is 0 Å². The van der Waals surface area contributed by atoms with Gasteiger partial charge in [0.25, 0.3) is 0 Å². The van der Waals surface area contributed by atoms with Crippen molar-refractivity contribution >= 4 is 0 Å². The van der Waals surface area contributed by atoms with Gasteiger partial charge in [-0.15, -0.1) is 6.42 Å². The fraction of sp³-hybridized carbons (Fsp3) is 0.308. The molecule has 0 heterocycles. The van der Waals surface area contributed by atoms with Gasteiger partial charge < -0.3 is 52.5 Å². The first kappa shape index (κ1) is 67.0. The molecule has 1 rings (SSSR count). The summed E-state index contributed by atoms with van der Waals surface area (Å²) in [5, 5.41) is 21.0. The summed E-state index contributed by atoms with van der Waals surface area (Å²) in [7, 11) is 3.00. The van der Waals surface area contributed by atoms with Gasteiger partial charge in [-0.3, -0.25) is 6.08 Å². The standard InChI is InChI=1S/C5H5.3CH4O.5CH3.Hf/c1-2-4-5-3-1;3*1-2;;;;;;/h1-3H,4H2;3*2H,1H3;5*1H3;/q-1;;;;5*-1;. The van der Waals surface area contributed by atoms with E-state index in [4.69, 9.17) is 15.3 Å². The summed E-state index contributed by atoms with van der Waals surface area (Å²) in [6, 6.07) is 0. The molecule has 0 atom stereocenters. The van der Waals surface area contributed by atoms with E-state index >= 15 is 0 Å². The molecule has 0 aromatic carbocycles. The van der Waals surface area contributed by atoms with Crippen LogP contribution in [-0.4, -0.2) is 36.6 Å². The van der Waals surface area contributed by atoms with Crippen LogP contribution in [0.1, 0.15) is 6.42 Å². The molecule has 1 aliphatic rings. The zero-order valence-corrected chi connectivity index (χ0v) is 16.4. The van der Waals surface area contributed by atoms with E-state index in [2.05, 4.69) is 12.2 Å². The molecular weight excluding hydrogens is 383 g/mol. The third-order valence-corrected chi connectivity index (χ3v) is 0.586. The molecule has 0 saturated carbocycles. The number of aliphatic hydroxyl groups is 3. The number of hydrogen-bond donors (Lipinski definition) is 3. The SMILES string of the molecule is CO.CO.CO.[C-]1=CC=CC1.[CH3-].[CH3-].[CH3-].[CH3-].[CH3-].[Hf]. The van der Waals surface area contributed by atoms with Crippen molar-refractivity contribution in [1.82, 2.24) is 0 Å². The van der Waals surface area contributed by atoms with Gasteiger partial charge in [-0.05, 0) is 0 Å². The molecule has 0 spiro atoms. The van der Waals surface area contributed by atoms with E-state index in [0.29, 0.717) is 0 Å². The normalized spacial score (nSPS) is 6.24. The van der Waals surface area contributed by atoms with Crippen LogP contribution >= 0.6 is 0 Å². The topological polar surface area (TPSA) is 60.7 Å². The summed E-state index contributed by atoms with van der Waals surface area (Å²) in [5.41, 5.74) is 0. The summed E-state index contributed by atoms with van der Waals surface area (Å²) in [5.74, 6) is 0. The minimum absolute atomic E-state index is 0. The van der Waals surface area contributed by atoms with E-state index in [-0.39, 0.29) is 63.0 Å². The van der Waals surface area contributed by atoms with Crippen molar-refractivity contribution in [1.29, 1.82) is 0 Å². The molecular formula is C13H32HfO3-6. The van der Waals surface area contributed by atoms with Crippen LogP contribution < -0.4 is 0 Å². The van der Waals surface area contributed by atoms with Gasteiger partial charge in [-0.25, -0.2) is 12.2 Å². The second-order valence-electron chi connectivity index (χ2n) is 1.00. The maximum Gasteiger partial charge on any atom is 0.0319 e.